The molecule has 3 N–H and O–H groups in total. The first-order valence-electron chi connectivity index (χ1n) is 5.77. The number of aromatic nitrogens is 2. The summed E-state index contributed by atoms with van der Waals surface area (Å²) in [6, 6.07) is 8.68. The lowest BCUT2D eigenvalue weighted by Gasteiger charge is -2.11. The lowest BCUT2D eigenvalue weighted by molar-refractivity contribution is 1.46. The SMILES string of the molecule is N#Cc1cc(N)ccc1Nc1c(Cl)cc(Cl)c2nsnc12. The minimum absolute atomic E-state index is 0.404. The van der Waals surface area contributed by atoms with Crippen LogP contribution in [0, 0.1) is 11.3 Å². The van der Waals surface area contributed by atoms with E-state index in [4.69, 9.17) is 28.9 Å². The molecular weight excluding hydrogens is 329 g/mol. The molecule has 0 aliphatic rings. The standard InChI is InChI=1S/C13H7Cl2N5S/c14-8-4-9(15)12-13(20-21-19-12)11(8)18-10-2-1-7(17)3-6(10)5-16/h1-4,18H,17H2. The lowest BCUT2D eigenvalue weighted by atomic mass is 10.1. The molecule has 1 heterocycles. The Labute approximate surface area is 134 Å². The van der Waals surface area contributed by atoms with Crippen LogP contribution in [-0.2, 0) is 0 Å². The van der Waals surface area contributed by atoms with E-state index >= 15 is 0 Å². The van der Waals surface area contributed by atoms with Gasteiger partial charge in [-0.3, -0.25) is 0 Å². The summed E-state index contributed by atoms with van der Waals surface area (Å²) < 4.78 is 8.33. The van der Waals surface area contributed by atoms with Gasteiger partial charge in [0.05, 0.1) is 38.7 Å². The van der Waals surface area contributed by atoms with Gasteiger partial charge in [0.25, 0.3) is 0 Å². The van der Waals surface area contributed by atoms with E-state index in [9.17, 15) is 5.26 Å². The smallest absolute Gasteiger partial charge is 0.131 e. The number of nitrogen functional groups attached to an aromatic ring is 1. The van der Waals surface area contributed by atoms with Crippen LogP contribution >= 0.6 is 34.9 Å². The monoisotopic (exact) mass is 335 g/mol. The highest BCUT2D eigenvalue weighted by atomic mass is 35.5. The van der Waals surface area contributed by atoms with E-state index in [0.29, 0.717) is 43.7 Å². The maximum absolute atomic E-state index is 9.18. The van der Waals surface area contributed by atoms with Crippen LogP contribution < -0.4 is 11.1 Å². The number of anilines is 3. The molecular formula is C13H7Cl2N5S. The van der Waals surface area contributed by atoms with Gasteiger partial charge in [0.15, 0.2) is 0 Å². The molecule has 0 saturated carbocycles. The summed E-state index contributed by atoms with van der Waals surface area (Å²) in [5.41, 5.74) is 8.89. The van der Waals surface area contributed by atoms with Crippen molar-refractivity contribution in [3.63, 3.8) is 0 Å². The Bertz CT molecular complexity index is 884. The minimum Gasteiger partial charge on any atom is -0.399 e. The van der Waals surface area contributed by atoms with Crippen LogP contribution in [0.4, 0.5) is 17.1 Å². The minimum atomic E-state index is 0.404. The largest absolute Gasteiger partial charge is 0.399 e. The van der Waals surface area contributed by atoms with E-state index in [-0.39, 0.29) is 0 Å². The molecule has 2 aromatic carbocycles. The van der Waals surface area contributed by atoms with Crippen molar-refractivity contribution in [1.29, 1.82) is 5.26 Å². The molecule has 0 aliphatic heterocycles. The van der Waals surface area contributed by atoms with Crippen LogP contribution in [0.3, 0.4) is 0 Å². The Morgan fingerprint density at radius 1 is 1.14 bits per heavy atom. The average molecular weight is 336 g/mol. The van der Waals surface area contributed by atoms with Crippen molar-refractivity contribution in [1.82, 2.24) is 8.75 Å². The van der Waals surface area contributed by atoms with E-state index in [1.165, 1.54) is 0 Å². The van der Waals surface area contributed by atoms with Gasteiger partial charge in [0, 0.05) is 5.69 Å². The number of benzene rings is 2. The average Bonchev–Trinajstić information content (AvgIpc) is 2.94. The van der Waals surface area contributed by atoms with Crippen molar-refractivity contribution < 1.29 is 0 Å². The molecule has 3 aromatic rings. The number of nitrogens with one attached hydrogen (secondary N) is 1. The van der Waals surface area contributed by atoms with Gasteiger partial charge in [-0.25, -0.2) is 0 Å². The molecule has 104 valence electrons. The zero-order chi connectivity index (χ0) is 15.0. The Morgan fingerprint density at radius 2 is 1.90 bits per heavy atom. The van der Waals surface area contributed by atoms with E-state index in [0.717, 1.165) is 11.7 Å². The van der Waals surface area contributed by atoms with Crippen molar-refractivity contribution in [3.05, 3.63) is 39.9 Å². The number of hydrogen-bond acceptors (Lipinski definition) is 6. The summed E-state index contributed by atoms with van der Waals surface area (Å²) in [6.45, 7) is 0. The van der Waals surface area contributed by atoms with Gasteiger partial charge < -0.3 is 11.1 Å². The van der Waals surface area contributed by atoms with Gasteiger partial charge in [-0.15, -0.1) is 0 Å². The molecule has 0 saturated heterocycles. The van der Waals surface area contributed by atoms with Crippen molar-refractivity contribution >= 4 is 63.0 Å². The van der Waals surface area contributed by atoms with Gasteiger partial charge in [-0.05, 0) is 24.3 Å². The fourth-order valence-corrected chi connectivity index (χ4v) is 3.05. The summed E-state index contributed by atoms with van der Waals surface area (Å²) >= 11 is 13.4. The highest BCUT2D eigenvalue weighted by Crippen LogP contribution is 2.37. The van der Waals surface area contributed by atoms with E-state index < -0.39 is 0 Å². The van der Waals surface area contributed by atoms with Crippen LogP contribution in [0.15, 0.2) is 24.3 Å². The summed E-state index contributed by atoms with van der Waals surface area (Å²) in [4.78, 5) is 0. The first-order chi connectivity index (χ1) is 10.1. The predicted octanol–water partition coefficient (Wildman–Crippen LogP) is 4.20. The molecule has 8 heteroatoms. The van der Waals surface area contributed by atoms with Crippen LogP contribution in [0.2, 0.25) is 10.0 Å². The Hall–Kier alpha value is -2.07. The number of nitrogens with zero attached hydrogens (tertiary/aromatic N) is 3. The molecule has 3 rings (SSSR count). The first-order valence-corrected chi connectivity index (χ1v) is 7.25. The number of fused-ring (bicyclic) bond motifs is 1. The second-order valence-corrected chi connectivity index (χ2v) is 5.56. The molecule has 0 aliphatic carbocycles. The lowest BCUT2D eigenvalue weighted by Crippen LogP contribution is -1.97. The fourth-order valence-electron chi connectivity index (χ4n) is 1.89. The second-order valence-electron chi connectivity index (χ2n) is 4.22. The van der Waals surface area contributed by atoms with Crippen LogP contribution in [0.25, 0.3) is 11.0 Å². The Balaban J connectivity index is 2.15. The predicted molar refractivity (Wildman–Crippen MR) is 86.3 cm³/mol. The van der Waals surface area contributed by atoms with Gasteiger partial charge in [0.1, 0.15) is 17.1 Å². The molecule has 0 amide bonds. The third-order valence-electron chi connectivity index (χ3n) is 2.87. The Kier molecular flexibility index (Phi) is 3.55. The summed E-state index contributed by atoms with van der Waals surface area (Å²) in [7, 11) is 0. The maximum atomic E-state index is 9.18. The zero-order valence-corrected chi connectivity index (χ0v) is 12.7. The number of halogens is 2. The summed E-state index contributed by atoms with van der Waals surface area (Å²) in [5.74, 6) is 0. The number of rotatable bonds is 2. The maximum Gasteiger partial charge on any atom is 0.131 e. The van der Waals surface area contributed by atoms with E-state index in [2.05, 4.69) is 20.1 Å². The molecule has 21 heavy (non-hydrogen) atoms. The van der Waals surface area contributed by atoms with Crippen molar-refractivity contribution in [2.75, 3.05) is 11.1 Å². The Morgan fingerprint density at radius 3 is 2.67 bits per heavy atom. The summed E-state index contributed by atoms with van der Waals surface area (Å²) in [6.07, 6.45) is 0. The van der Waals surface area contributed by atoms with Crippen molar-refractivity contribution in [3.8, 4) is 6.07 Å². The van der Waals surface area contributed by atoms with Gasteiger partial charge in [-0.1, -0.05) is 23.2 Å². The third kappa shape index (κ3) is 2.47. The summed E-state index contributed by atoms with van der Waals surface area (Å²) in [5, 5.41) is 13.1. The van der Waals surface area contributed by atoms with Crippen molar-refractivity contribution in [2.45, 2.75) is 0 Å². The topological polar surface area (TPSA) is 87.6 Å². The van der Waals surface area contributed by atoms with Crippen LogP contribution in [0.5, 0.6) is 0 Å². The number of nitriles is 1. The molecule has 1 aromatic heterocycles. The molecule has 0 radical (unpaired) electrons. The van der Waals surface area contributed by atoms with Crippen molar-refractivity contribution in [2.24, 2.45) is 0 Å². The van der Waals surface area contributed by atoms with Gasteiger partial charge in [0.2, 0.25) is 0 Å². The molecule has 0 unspecified atom stereocenters. The highest BCUT2D eigenvalue weighted by Gasteiger charge is 2.15. The zero-order valence-electron chi connectivity index (χ0n) is 10.4. The second kappa shape index (κ2) is 5.37. The van der Waals surface area contributed by atoms with Gasteiger partial charge >= 0.3 is 0 Å². The quantitative estimate of drug-likeness (QED) is 0.685. The molecule has 0 atom stereocenters. The van der Waals surface area contributed by atoms with Crippen LogP contribution in [-0.4, -0.2) is 8.75 Å². The first kappa shape index (κ1) is 13.9. The normalized spacial score (nSPS) is 10.5. The molecule has 0 fully saturated rings. The molecule has 5 nitrogen and oxygen atoms in total. The van der Waals surface area contributed by atoms with E-state index in [1.54, 1.807) is 24.3 Å². The number of nitrogens with two attached hydrogens (primary N) is 1. The van der Waals surface area contributed by atoms with Crippen LogP contribution in [0.1, 0.15) is 5.56 Å². The third-order valence-corrected chi connectivity index (χ3v) is 3.98. The molecule has 0 spiro atoms. The number of hydrogen-bond donors (Lipinski definition) is 2. The molecule has 0 bridgehead atoms. The van der Waals surface area contributed by atoms with Gasteiger partial charge in [-0.2, -0.15) is 14.0 Å². The fraction of sp³-hybridized carbons (Fsp3) is 0. The van der Waals surface area contributed by atoms with E-state index in [1.807, 2.05) is 0 Å². The highest BCUT2D eigenvalue weighted by molar-refractivity contribution is 7.00.